The summed E-state index contributed by atoms with van der Waals surface area (Å²) in [5, 5.41) is 3.82. The summed E-state index contributed by atoms with van der Waals surface area (Å²) in [6, 6.07) is 10.8. The molecule has 0 aliphatic carbocycles. The molecule has 0 radical (unpaired) electrons. The molecule has 31 heavy (non-hydrogen) atoms. The Kier molecular flexibility index (Phi) is 5.50. The first-order valence-corrected chi connectivity index (χ1v) is 11.5. The van der Waals surface area contributed by atoms with E-state index in [1.165, 1.54) is 7.05 Å². The van der Waals surface area contributed by atoms with Gasteiger partial charge in [-0.1, -0.05) is 17.7 Å². The van der Waals surface area contributed by atoms with E-state index in [4.69, 9.17) is 11.6 Å². The third-order valence-electron chi connectivity index (χ3n) is 4.82. The first kappa shape index (κ1) is 21.0. The van der Waals surface area contributed by atoms with E-state index < -0.39 is 10.0 Å². The van der Waals surface area contributed by atoms with Crippen LogP contribution < -0.4 is 9.62 Å². The Morgan fingerprint density at radius 3 is 2.71 bits per heavy atom. The molecule has 0 atom stereocenters. The number of hydrogen-bond donors (Lipinski definition) is 1. The van der Waals surface area contributed by atoms with Crippen molar-refractivity contribution in [2.75, 3.05) is 22.9 Å². The fraction of sp³-hybridized carbons (Fsp3) is 0.200. The monoisotopic (exact) mass is 457 g/mol. The van der Waals surface area contributed by atoms with Gasteiger partial charge >= 0.3 is 0 Å². The van der Waals surface area contributed by atoms with Crippen LogP contribution in [0, 0.1) is 0 Å². The first-order valence-electron chi connectivity index (χ1n) is 9.31. The van der Waals surface area contributed by atoms with Crippen LogP contribution in [0.3, 0.4) is 0 Å². The molecule has 0 unspecified atom stereocenters. The highest BCUT2D eigenvalue weighted by Gasteiger charge is 2.17. The summed E-state index contributed by atoms with van der Waals surface area (Å²) >= 11 is 6.08. The quantitative estimate of drug-likeness (QED) is 0.474. The minimum atomic E-state index is -3.43. The topological polar surface area (TPSA) is 106 Å². The molecule has 0 aliphatic rings. The van der Waals surface area contributed by atoms with Gasteiger partial charge in [-0.2, -0.15) is 0 Å². The average molecular weight is 458 g/mol. The van der Waals surface area contributed by atoms with Crippen LogP contribution in [-0.2, 0) is 23.6 Å². The maximum absolute atomic E-state index is 11.9. The molecule has 9 nitrogen and oxygen atoms in total. The Morgan fingerprint density at radius 1 is 1.13 bits per heavy atom. The minimum absolute atomic E-state index is 0.331. The van der Waals surface area contributed by atoms with Gasteiger partial charge in [0.1, 0.15) is 11.6 Å². The van der Waals surface area contributed by atoms with Gasteiger partial charge in [0.15, 0.2) is 11.6 Å². The van der Waals surface area contributed by atoms with Gasteiger partial charge in [0.05, 0.1) is 17.3 Å². The lowest BCUT2D eigenvalue weighted by atomic mass is 10.2. The van der Waals surface area contributed by atoms with Gasteiger partial charge in [-0.05, 0) is 30.3 Å². The molecule has 0 saturated heterocycles. The van der Waals surface area contributed by atoms with Crippen molar-refractivity contribution in [2.45, 2.75) is 6.54 Å². The van der Waals surface area contributed by atoms with Crippen LogP contribution in [0.15, 0.2) is 48.8 Å². The Balaban J connectivity index is 1.61. The normalized spacial score (nSPS) is 11.6. The number of imidazole rings is 1. The van der Waals surface area contributed by atoms with E-state index >= 15 is 0 Å². The smallest absolute Gasteiger partial charge is 0.233 e. The molecule has 1 aromatic carbocycles. The largest absolute Gasteiger partial charge is 0.366 e. The van der Waals surface area contributed by atoms with E-state index in [9.17, 15) is 8.42 Å². The molecule has 0 bridgehead atoms. The van der Waals surface area contributed by atoms with Crippen LogP contribution in [0.25, 0.3) is 22.7 Å². The third kappa shape index (κ3) is 4.30. The second-order valence-corrected chi connectivity index (χ2v) is 9.41. The zero-order valence-electron chi connectivity index (χ0n) is 17.1. The number of anilines is 2. The zero-order chi connectivity index (χ0) is 22.2. The number of nitrogens with one attached hydrogen (secondary N) is 1. The highest BCUT2D eigenvalue weighted by atomic mass is 35.5. The van der Waals surface area contributed by atoms with E-state index in [2.05, 4.69) is 25.3 Å². The minimum Gasteiger partial charge on any atom is -0.366 e. The summed E-state index contributed by atoms with van der Waals surface area (Å²) in [6.45, 7) is 0.331. The maximum Gasteiger partial charge on any atom is 0.233 e. The summed E-state index contributed by atoms with van der Waals surface area (Å²) in [4.78, 5) is 17.7. The number of aryl methyl sites for hydroxylation is 1. The molecule has 1 N–H and O–H groups in total. The Morgan fingerprint density at radius 2 is 1.94 bits per heavy atom. The van der Waals surface area contributed by atoms with Crippen LogP contribution in [0.5, 0.6) is 0 Å². The molecule has 0 aliphatic heterocycles. The number of aromatic nitrogens is 5. The molecule has 0 saturated carbocycles. The van der Waals surface area contributed by atoms with Gasteiger partial charge in [0, 0.05) is 43.6 Å². The lowest BCUT2D eigenvalue weighted by Gasteiger charge is -2.19. The highest BCUT2D eigenvalue weighted by molar-refractivity contribution is 7.92. The number of sulfonamides is 1. The predicted molar refractivity (Wildman–Crippen MR) is 122 cm³/mol. The lowest BCUT2D eigenvalue weighted by molar-refractivity contribution is 0.599. The molecular formula is C20H20ClN7O2S. The number of halogens is 1. The number of nitrogens with zero attached hydrogens (tertiary/aromatic N) is 6. The molecule has 4 aromatic rings. The van der Waals surface area contributed by atoms with Gasteiger partial charge in [-0.25, -0.2) is 28.4 Å². The van der Waals surface area contributed by atoms with Crippen LogP contribution in [0.2, 0.25) is 5.02 Å². The van der Waals surface area contributed by atoms with Gasteiger partial charge in [-0.3, -0.25) is 4.31 Å². The van der Waals surface area contributed by atoms with E-state index in [0.29, 0.717) is 40.4 Å². The molecule has 0 spiro atoms. The van der Waals surface area contributed by atoms with Crippen LogP contribution in [-0.4, -0.2) is 46.2 Å². The Bertz CT molecular complexity index is 1370. The van der Waals surface area contributed by atoms with Crippen LogP contribution in [0.4, 0.5) is 11.6 Å². The van der Waals surface area contributed by atoms with Crippen molar-refractivity contribution < 1.29 is 8.42 Å². The van der Waals surface area contributed by atoms with Crippen molar-refractivity contribution in [2.24, 2.45) is 7.05 Å². The molecular weight excluding hydrogens is 438 g/mol. The zero-order valence-corrected chi connectivity index (χ0v) is 18.7. The van der Waals surface area contributed by atoms with Crippen molar-refractivity contribution in [3.05, 3.63) is 59.4 Å². The van der Waals surface area contributed by atoms with Crippen LogP contribution in [0.1, 0.15) is 5.56 Å². The maximum atomic E-state index is 11.9. The molecule has 3 heterocycles. The number of rotatable bonds is 6. The van der Waals surface area contributed by atoms with Gasteiger partial charge in [0.25, 0.3) is 0 Å². The van der Waals surface area contributed by atoms with E-state index in [1.807, 2.05) is 29.8 Å². The van der Waals surface area contributed by atoms with Crippen molar-refractivity contribution in [1.29, 1.82) is 0 Å². The summed E-state index contributed by atoms with van der Waals surface area (Å²) in [6.07, 6.45) is 4.34. The van der Waals surface area contributed by atoms with Crippen molar-refractivity contribution >= 4 is 44.3 Å². The van der Waals surface area contributed by atoms with Crippen molar-refractivity contribution in [3.63, 3.8) is 0 Å². The molecule has 0 fully saturated rings. The van der Waals surface area contributed by atoms with Gasteiger partial charge < -0.3 is 9.88 Å². The third-order valence-corrected chi connectivity index (χ3v) is 6.22. The first-order chi connectivity index (χ1) is 14.7. The second-order valence-electron chi connectivity index (χ2n) is 6.96. The van der Waals surface area contributed by atoms with Crippen molar-refractivity contribution in [1.82, 2.24) is 24.5 Å². The van der Waals surface area contributed by atoms with E-state index in [-0.39, 0.29) is 0 Å². The molecule has 3 aromatic heterocycles. The summed E-state index contributed by atoms with van der Waals surface area (Å²) in [5.74, 6) is 2.00. The Hall–Kier alpha value is -3.24. The highest BCUT2D eigenvalue weighted by Crippen LogP contribution is 2.25. The fourth-order valence-electron chi connectivity index (χ4n) is 3.13. The number of pyridine rings is 1. The summed E-state index contributed by atoms with van der Waals surface area (Å²) in [5.41, 5.74) is 2.40. The standard InChI is InChI=1S/C20H20ClN7O2S/c1-27-16-7-6-14(21)11-15(16)25-20(27)18-22-10-8-17(26-18)24-12-13-5-4-9-23-19(13)28(2)31(3,29)30/h4-11H,12H2,1-3H3,(H,22,24,26). The van der Waals surface area contributed by atoms with Gasteiger partial charge in [-0.15, -0.1) is 0 Å². The second kappa shape index (κ2) is 8.12. The van der Waals surface area contributed by atoms with E-state index in [1.54, 1.807) is 30.6 Å². The SMILES string of the molecule is CN(c1ncccc1CNc1ccnc(-c2nc3cc(Cl)ccc3n2C)n1)S(C)(=O)=O. The van der Waals surface area contributed by atoms with Crippen molar-refractivity contribution in [3.8, 4) is 11.6 Å². The summed E-state index contributed by atoms with van der Waals surface area (Å²) in [7, 11) is -0.0598. The van der Waals surface area contributed by atoms with Crippen LogP contribution >= 0.6 is 11.6 Å². The lowest BCUT2D eigenvalue weighted by Crippen LogP contribution is -2.27. The summed E-state index contributed by atoms with van der Waals surface area (Å²) < 4.78 is 26.9. The molecule has 11 heteroatoms. The predicted octanol–water partition coefficient (Wildman–Crippen LogP) is 3.09. The van der Waals surface area contributed by atoms with E-state index in [0.717, 1.165) is 21.6 Å². The fourth-order valence-corrected chi connectivity index (χ4v) is 3.78. The Labute approximate surface area is 184 Å². The van der Waals surface area contributed by atoms with Gasteiger partial charge in [0.2, 0.25) is 10.0 Å². The number of hydrogen-bond acceptors (Lipinski definition) is 7. The number of fused-ring (bicyclic) bond motifs is 1. The molecule has 0 amide bonds. The number of benzene rings is 1. The average Bonchev–Trinajstić information content (AvgIpc) is 3.07. The molecule has 160 valence electrons. The molecule has 4 rings (SSSR count).